The molecule has 4 heteroatoms. The van der Waals surface area contributed by atoms with Gasteiger partial charge in [0.05, 0.1) is 6.61 Å². The number of aliphatic hydroxyl groups is 1. The van der Waals surface area contributed by atoms with Crippen LogP contribution in [0.3, 0.4) is 0 Å². The van der Waals surface area contributed by atoms with Gasteiger partial charge in [-0.15, -0.1) is 0 Å². The smallest absolute Gasteiger partial charge is 0.0558 e. The van der Waals surface area contributed by atoms with Gasteiger partial charge in [0, 0.05) is 44.8 Å². The molecular formula is C15H23N3O. The summed E-state index contributed by atoms with van der Waals surface area (Å²) in [6.45, 7) is 5.31. The highest BCUT2D eigenvalue weighted by Gasteiger charge is 2.33. The molecule has 0 radical (unpaired) electrons. The van der Waals surface area contributed by atoms with Crippen molar-refractivity contribution in [3.05, 3.63) is 35.4 Å². The Hall–Kier alpha value is -0.940. The van der Waals surface area contributed by atoms with Crippen molar-refractivity contribution in [2.75, 3.05) is 39.3 Å². The van der Waals surface area contributed by atoms with Crippen molar-refractivity contribution in [3.8, 4) is 0 Å². The fraction of sp³-hybridized carbons (Fsp3) is 0.600. The topological polar surface area (TPSA) is 52.7 Å². The summed E-state index contributed by atoms with van der Waals surface area (Å²) in [5.41, 5.74) is 8.99. The Balaban J connectivity index is 1.69. The van der Waals surface area contributed by atoms with E-state index in [0.717, 1.165) is 39.1 Å². The van der Waals surface area contributed by atoms with Gasteiger partial charge in [-0.3, -0.25) is 9.80 Å². The molecule has 1 aliphatic carbocycles. The van der Waals surface area contributed by atoms with Gasteiger partial charge in [0.25, 0.3) is 0 Å². The lowest BCUT2D eigenvalue weighted by atomic mass is 10.1. The van der Waals surface area contributed by atoms with Gasteiger partial charge in [-0.1, -0.05) is 24.3 Å². The van der Waals surface area contributed by atoms with Crippen molar-refractivity contribution in [1.29, 1.82) is 0 Å². The number of hydrogen-bond donors (Lipinski definition) is 2. The first kappa shape index (κ1) is 13.1. The fourth-order valence-corrected chi connectivity index (χ4v) is 3.43. The average Bonchev–Trinajstić information content (AvgIpc) is 2.78. The molecule has 0 amide bonds. The van der Waals surface area contributed by atoms with Gasteiger partial charge in [0.1, 0.15) is 0 Å². The Kier molecular flexibility index (Phi) is 3.84. The summed E-state index contributed by atoms with van der Waals surface area (Å²) >= 11 is 0. The van der Waals surface area contributed by atoms with Crippen molar-refractivity contribution in [1.82, 2.24) is 9.80 Å². The van der Waals surface area contributed by atoms with Gasteiger partial charge >= 0.3 is 0 Å². The van der Waals surface area contributed by atoms with E-state index in [4.69, 9.17) is 10.8 Å². The maximum absolute atomic E-state index is 8.99. The van der Waals surface area contributed by atoms with Gasteiger partial charge < -0.3 is 10.8 Å². The molecule has 0 bridgehead atoms. The second kappa shape index (κ2) is 5.59. The molecule has 1 aromatic carbocycles. The molecule has 3 rings (SSSR count). The Morgan fingerprint density at radius 2 is 1.79 bits per heavy atom. The minimum Gasteiger partial charge on any atom is -0.395 e. The van der Waals surface area contributed by atoms with E-state index in [9.17, 15) is 0 Å². The first-order valence-electron chi connectivity index (χ1n) is 7.21. The monoisotopic (exact) mass is 261 g/mol. The maximum atomic E-state index is 8.99. The zero-order valence-electron chi connectivity index (χ0n) is 11.3. The van der Waals surface area contributed by atoms with Gasteiger partial charge in [-0.25, -0.2) is 0 Å². The third-order valence-electron chi connectivity index (χ3n) is 4.50. The van der Waals surface area contributed by atoms with Crippen LogP contribution in [-0.2, 0) is 0 Å². The van der Waals surface area contributed by atoms with Crippen molar-refractivity contribution in [3.63, 3.8) is 0 Å². The minimum absolute atomic E-state index is 0.191. The first-order valence-corrected chi connectivity index (χ1v) is 7.21. The number of nitrogens with zero attached hydrogens (tertiary/aromatic N) is 2. The average molecular weight is 261 g/mol. The van der Waals surface area contributed by atoms with Crippen LogP contribution in [0.4, 0.5) is 0 Å². The predicted molar refractivity (Wildman–Crippen MR) is 75.8 cm³/mol. The molecule has 0 saturated carbocycles. The van der Waals surface area contributed by atoms with Crippen molar-refractivity contribution >= 4 is 0 Å². The van der Waals surface area contributed by atoms with Crippen LogP contribution < -0.4 is 5.73 Å². The summed E-state index contributed by atoms with van der Waals surface area (Å²) in [6.07, 6.45) is 1.04. The van der Waals surface area contributed by atoms with Crippen LogP contribution in [-0.4, -0.2) is 54.2 Å². The number of nitrogens with two attached hydrogens (primary N) is 1. The summed E-state index contributed by atoms with van der Waals surface area (Å²) in [4.78, 5) is 4.89. The maximum Gasteiger partial charge on any atom is 0.0558 e. The molecule has 2 unspecified atom stereocenters. The number of fused-ring (bicyclic) bond motifs is 1. The van der Waals surface area contributed by atoms with Crippen LogP contribution in [0.1, 0.15) is 29.6 Å². The molecule has 1 heterocycles. The second-order valence-electron chi connectivity index (χ2n) is 5.59. The third kappa shape index (κ3) is 2.54. The second-order valence-corrected chi connectivity index (χ2v) is 5.59. The Morgan fingerprint density at radius 1 is 1.11 bits per heavy atom. The molecule has 1 aromatic rings. The molecule has 0 aromatic heterocycles. The van der Waals surface area contributed by atoms with Crippen molar-refractivity contribution in [2.24, 2.45) is 5.73 Å². The van der Waals surface area contributed by atoms with Gasteiger partial charge in [-0.2, -0.15) is 0 Å². The standard InChI is InChI=1S/C15H23N3O/c16-14-11-15(13-4-2-1-3-12(13)14)18-7-5-17(6-8-18)9-10-19/h1-4,14-15,19H,5-11,16H2. The molecular weight excluding hydrogens is 238 g/mol. The van der Waals surface area contributed by atoms with Gasteiger partial charge in [0.2, 0.25) is 0 Å². The van der Waals surface area contributed by atoms with E-state index >= 15 is 0 Å². The molecule has 1 fully saturated rings. The lowest BCUT2D eigenvalue weighted by Crippen LogP contribution is -2.48. The Labute approximate surface area is 114 Å². The van der Waals surface area contributed by atoms with E-state index in [2.05, 4.69) is 34.1 Å². The molecule has 1 saturated heterocycles. The molecule has 0 spiro atoms. The Bertz CT molecular complexity index is 429. The minimum atomic E-state index is 0.191. The zero-order valence-corrected chi connectivity index (χ0v) is 11.3. The number of rotatable bonds is 3. The van der Waals surface area contributed by atoms with E-state index in [-0.39, 0.29) is 12.6 Å². The summed E-state index contributed by atoms with van der Waals surface area (Å²) in [5.74, 6) is 0. The highest BCUT2D eigenvalue weighted by molar-refractivity contribution is 5.37. The van der Waals surface area contributed by atoms with Crippen molar-refractivity contribution in [2.45, 2.75) is 18.5 Å². The summed E-state index contributed by atoms with van der Waals surface area (Å²) in [6, 6.07) is 9.28. The van der Waals surface area contributed by atoms with Gasteiger partial charge in [0.15, 0.2) is 0 Å². The SMILES string of the molecule is NC1CC(N2CCN(CCO)CC2)c2ccccc21. The van der Waals surface area contributed by atoms with Crippen LogP contribution in [0.2, 0.25) is 0 Å². The molecule has 4 nitrogen and oxygen atoms in total. The van der Waals surface area contributed by atoms with E-state index in [1.165, 1.54) is 11.1 Å². The lowest BCUT2D eigenvalue weighted by Gasteiger charge is -2.38. The number of β-amino-alcohol motifs (C(OH)–C–C–N with tert-alkyl or cyclic N) is 1. The molecule has 2 aliphatic rings. The number of aliphatic hydroxyl groups excluding tert-OH is 1. The number of hydrogen-bond acceptors (Lipinski definition) is 4. The fourth-order valence-electron chi connectivity index (χ4n) is 3.43. The molecule has 2 atom stereocenters. The highest BCUT2D eigenvalue weighted by atomic mass is 16.3. The molecule has 3 N–H and O–H groups in total. The van der Waals surface area contributed by atoms with Crippen LogP contribution in [0, 0.1) is 0 Å². The molecule has 19 heavy (non-hydrogen) atoms. The third-order valence-corrected chi connectivity index (χ3v) is 4.50. The summed E-state index contributed by atoms with van der Waals surface area (Å²) < 4.78 is 0. The van der Waals surface area contributed by atoms with Crippen molar-refractivity contribution < 1.29 is 5.11 Å². The molecule has 1 aliphatic heterocycles. The largest absolute Gasteiger partial charge is 0.395 e. The normalized spacial score (nSPS) is 28.5. The first-order chi connectivity index (χ1) is 9.29. The van der Waals surface area contributed by atoms with E-state index in [1.807, 2.05) is 0 Å². The van der Waals surface area contributed by atoms with E-state index in [0.29, 0.717) is 6.04 Å². The quantitative estimate of drug-likeness (QED) is 0.843. The summed E-state index contributed by atoms with van der Waals surface area (Å²) in [5, 5.41) is 8.99. The number of piperazine rings is 1. The van der Waals surface area contributed by atoms with Crippen LogP contribution in [0.25, 0.3) is 0 Å². The lowest BCUT2D eigenvalue weighted by molar-refractivity contribution is 0.0821. The van der Waals surface area contributed by atoms with E-state index in [1.54, 1.807) is 0 Å². The zero-order chi connectivity index (χ0) is 13.2. The number of benzene rings is 1. The van der Waals surface area contributed by atoms with E-state index < -0.39 is 0 Å². The van der Waals surface area contributed by atoms with Crippen LogP contribution in [0.5, 0.6) is 0 Å². The highest BCUT2D eigenvalue weighted by Crippen LogP contribution is 2.40. The Morgan fingerprint density at radius 3 is 2.47 bits per heavy atom. The van der Waals surface area contributed by atoms with Crippen LogP contribution >= 0.6 is 0 Å². The molecule has 104 valence electrons. The van der Waals surface area contributed by atoms with Gasteiger partial charge in [-0.05, 0) is 17.5 Å². The summed E-state index contributed by atoms with van der Waals surface area (Å²) in [7, 11) is 0. The van der Waals surface area contributed by atoms with Crippen LogP contribution in [0.15, 0.2) is 24.3 Å². The predicted octanol–water partition coefficient (Wildman–Crippen LogP) is 0.741.